The Balaban J connectivity index is 2.05. The molecule has 124 valence electrons. The van der Waals surface area contributed by atoms with Crippen molar-refractivity contribution in [3.63, 3.8) is 0 Å². The van der Waals surface area contributed by atoms with Gasteiger partial charge in [0.1, 0.15) is 0 Å². The lowest BCUT2D eigenvalue weighted by atomic mass is 9.71. The molecule has 1 aliphatic heterocycles. The molecule has 1 aliphatic rings. The molecule has 22 heavy (non-hydrogen) atoms. The van der Waals surface area contributed by atoms with Gasteiger partial charge in [0.25, 0.3) is 0 Å². The standard InChI is InChI=1S/C20H33NO/c1-16-8-6-10-18(12-16)13-19(3,4)20(5,22)15-21-11-7-9-17(2)14-21/h6,8,10,12,17,22H,7,9,11,13-15H2,1-5H3. The fourth-order valence-electron chi connectivity index (χ4n) is 3.60. The molecule has 0 spiro atoms. The van der Waals surface area contributed by atoms with Gasteiger partial charge in [0.05, 0.1) is 5.60 Å². The van der Waals surface area contributed by atoms with Crippen molar-refractivity contribution in [2.24, 2.45) is 11.3 Å². The minimum Gasteiger partial charge on any atom is -0.388 e. The van der Waals surface area contributed by atoms with Crippen molar-refractivity contribution in [3.05, 3.63) is 35.4 Å². The van der Waals surface area contributed by atoms with Crippen molar-refractivity contribution >= 4 is 0 Å². The Morgan fingerprint density at radius 2 is 2.00 bits per heavy atom. The molecule has 2 unspecified atom stereocenters. The van der Waals surface area contributed by atoms with Crippen LogP contribution in [-0.4, -0.2) is 35.2 Å². The third kappa shape index (κ3) is 4.33. The molecule has 1 fully saturated rings. The minimum atomic E-state index is -0.687. The largest absolute Gasteiger partial charge is 0.388 e. The molecular formula is C20H33NO. The lowest BCUT2D eigenvalue weighted by molar-refractivity contribution is -0.0785. The molecule has 0 saturated carbocycles. The molecular weight excluding hydrogens is 270 g/mol. The normalized spacial score (nSPS) is 23.3. The maximum absolute atomic E-state index is 11.2. The number of aliphatic hydroxyl groups is 1. The van der Waals surface area contributed by atoms with E-state index in [0.29, 0.717) is 0 Å². The molecule has 1 heterocycles. The van der Waals surface area contributed by atoms with Crippen LogP contribution in [0, 0.1) is 18.3 Å². The summed E-state index contributed by atoms with van der Waals surface area (Å²) in [6.45, 7) is 13.9. The lowest BCUT2D eigenvalue weighted by Gasteiger charge is -2.45. The Bertz CT molecular complexity index is 492. The maximum atomic E-state index is 11.2. The smallest absolute Gasteiger partial charge is 0.0799 e. The highest BCUT2D eigenvalue weighted by Gasteiger charge is 2.41. The topological polar surface area (TPSA) is 23.5 Å². The summed E-state index contributed by atoms with van der Waals surface area (Å²) < 4.78 is 0. The van der Waals surface area contributed by atoms with Gasteiger partial charge in [-0.05, 0) is 56.6 Å². The van der Waals surface area contributed by atoms with Crippen molar-refractivity contribution in [2.75, 3.05) is 19.6 Å². The number of β-amino-alcohol motifs (C(OH)–C–C–N with tert-alkyl or cyclic N) is 1. The summed E-state index contributed by atoms with van der Waals surface area (Å²) >= 11 is 0. The van der Waals surface area contributed by atoms with Crippen LogP contribution in [-0.2, 0) is 6.42 Å². The van der Waals surface area contributed by atoms with Crippen molar-refractivity contribution in [3.8, 4) is 0 Å². The Morgan fingerprint density at radius 1 is 1.27 bits per heavy atom. The van der Waals surface area contributed by atoms with E-state index in [1.165, 1.54) is 24.0 Å². The number of hydrogen-bond acceptors (Lipinski definition) is 2. The third-order valence-corrected chi connectivity index (χ3v) is 5.46. The molecule has 1 saturated heterocycles. The van der Waals surface area contributed by atoms with Crippen LogP contribution in [0.3, 0.4) is 0 Å². The molecule has 0 aromatic heterocycles. The number of hydrogen-bond donors (Lipinski definition) is 1. The molecule has 2 nitrogen and oxygen atoms in total. The van der Waals surface area contributed by atoms with Gasteiger partial charge in [0.2, 0.25) is 0 Å². The van der Waals surface area contributed by atoms with Gasteiger partial charge in [-0.1, -0.05) is 50.6 Å². The lowest BCUT2D eigenvalue weighted by Crippen LogP contribution is -2.53. The average Bonchev–Trinajstić information content (AvgIpc) is 2.37. The molecule has 0 bridgehead atoms. The van der Waals surface area contributed by atoms with E-state index in [4.69, 9.17) is 0 Å². The van der Waals surface area contributed by atoms with Gasteiger partial charge in [0.15, 0.2) is 0 Å². The van der Waals surface area contributed by atoms with E-state index >= 15 is 0 Å². The van der Waals surface area contributed by atoms with Gasteiger partial charge in [-0.15, -0.1) is 0 Å². The molecule has 1 aromatic carbocycles. The summed E-state index contributed by atoms with van der Waals surface area (Å²) in [5.41, 5.74) is 1.77. The van der Waals surface area contributed by atoms with Crippen LogP contribution in [0.25, 0.3) is 0 Å². The van der Waals surface area contributed by atoms with E-state index in [9.17, 15) is 5.11 Å². The Labute approximate surface area is 136 Å². The summed E-state index contributed by atoms with van der Waals surface area (Å²) in [6.07, 6.45) is 3.49. The van der Waals surface area contributed by atoms with E-state index in [2.05, 4.69) is 56.9 Å². The molecule has 2 heteroatoms. The van der Waals surface area contributed by atoms with E-state index in [0.717, 1.165) is 32.0 Å². The first-order valence-corrected chi connectivity index (χ1v) is 8.70. The first-order valence-electron chi connectivity index (χ1n) is 8.70. The first-order chi connectivity index (χ1) is 10.2. The molecule has 0 amide bonds. The van der Waals surface area contributed by atoms with Crippen molar-refractivity contribution < 1.29 is 5.11 Å². The summed E-state index contributed by atoms with van der Waals surface area (Å²) in [4.78, 5) is 2.45. The zero-order chi connectivity index (χ0) is 16.4. The predicted molar refractivity (Wildman–Crippen MR) is 94.1 cm³/mol. The fraction of sp³-hybridized carbons (Fsp3) is 0.700. The van der Waals surface area contributed by atoms with E-state index in [1.807, 2.05) is 6.92 Å². The second-order valence-corrected chi connectivity index (χ2v) is 8.31. The molecule has 2 rings (SSSR count). The number of piperidine rings is 1. The fourth-order valence-corrected chi connectivity index (χ4v) is 3.60. The zero-order valence-electron chi connectivity index (χ0n) is 15.0. The SMILES string of the molecule is Cc1cccc(CC(C)(C)C(C)(O)CN2CCCC(C)C2)c1. The van der Waals surface area contributed by atoms with Crippen LogP contribution in [0.1, 0.15) is 51.7 Å². The van der Waals surface area contributed by atoms with Gasteiger partial charge in [-0.2, -0.15) is 0 Å². The van der Waals surface area contributed by atoms with Gasteiger partial charge < -0.3 is 10.0 Å². The molecule has 1 aromatic rings. The summed E-state index contributed by atoms with van der Waals surface area (Å²) in [6, 6.07) is 8.65. The highest BCUT2D eigenvalue weighted by atomic mass is 16.3. The van der Waals surface area contributed by atoms with Crippen molar-refractivity contribution in [1.82, 2.24) is 4.90 Å². The van der Waals surface area contributed by atoms with Gasteiger partial charge in [-0.3, -0.25) is 0 Å². The number of rotatable bonds is 5. The van der Waals surface area contributed by atoms with Crippen LogP contribution < -0.4 is 0 Å². The van der Waals surface area contributed by atoms with Crippen LogP contribution in [0.2, 0.25) is 0 Å². The highest BCUT2D eigenvalue weighted by Crippen LogP contribution is 2.36. The Hall–Kier alpha value is -0.860. The Kier molecular flexibility index (Phi) is 5.34. The molecule has 1 N–H and O–H groups in total. The summed E-state index contributed by atoms with van der Waals surface area (Å²) in [5, 5.41) is 11.2. The monoisotopic (exact) mass is 303 g/mol. The van der Waals surface area contributed by atoms with Crippen LogP contribution in [0.5, 0.6) is 0 Å². The summed E-state index contributed by atoms with van der Waals surface area (Å²) in [7, 11) is 0. The average molecular weight is 303 g/mol. The molecule has 0 radical (unpaired) electrons. The van der Waals surface area contributed by atoms with Crippen molar-refractivity contribution in [1.29, 1.82) is 0 Å². The highest BCUT2D eigenvalue weighted by molar-refractivity contribution is 5.23. The van der Waals surface area contributed by atoms with E-state index in [-0.39, 0.29) is 5.41 Å². The second kappa shape index (κ2) is 6.72. The van der Waals surface area contributed by atoms with Gasteiger partial charge in [-0.25, -0.2) is 0 Å². The second-order valence-electron chi connectivity index (χ2n) is 8.31. The predicted octanol–water partition coefficient (Wildman–Crippen LogP) is 4.05. The molecule has 0 aliphatic carbocycles. The van der Waals surface area contributed by atoms with Crippen molar-refractivity contribution in [2.45, 2.75) is 59.5 Å². The summed E-state index contributed by atoms with van der Waals surface area (Å²) in [5.74, 6) is 0.754. The number of nitrogens with zero attached hydrogens (tertiary/aromatic N) is 1. The third-order valence-electron chi connectivity index (χ3n) is 5.46. The van der Waals surface area contributed by atoms with Crippen LogP contribution in [0.15, 0.2) is 24.3 Å². The van der Waals surface area contributed by atoms with Crippen LogP contribution in [0.4, 0.5) is 0 Å². The first kappa shape index (κ1) is 17.5. The minimum absolute atomic E-state index is 0.151. The van der Waals surface area contributed by atoms with E-state index in [1.54, 1.807) is 0 Å². The van der Waals surface area contributed by atoms with Crippen LogP contribution >= 0.6 is 0 Å². The number of aryl methyl sites for hydroxylation is 1. The quantitative estimate of drug-likeness (QED) is 0.887. The van der Waals surface area contributed by atoms with Gasteiger partial charge in [0, 0.05) is 13.1 Å². The molecule has 2 atom stereocenters. The van der Waals surface area contributed by atoms with E-state index < -0.39 is 5.60 Å². The number of likely N-dealkylation sites (tertiary alicyclic amines) is 1. The number of benzene rings is 1. The Morgan fingerprint density at radius 3 is 2.64 bits per heavy atom. The maximum Gasteiger partial charge on any atom is 0.0799 e. The zero-order valence-corrected chi connectivity index (χ0v) is 15.0. The van der Waals surface area contributed by atoms with Gasteiger partial charge >= 0.3 is 0 Å².